The van der Waals surface area contributed by atoms with Crippen LogP contribution in [-0.2, 0) is 16.0 Å². The van der Waals surface area contributed by atoms with Crippen LogP contribution in [0.2, 0.25) is 0 Å². The van der Waals surface area contributed by atoms with Gasteiger partial charge in [-0.25, -0.2) is 0 Å². The Hall–Kier alpha value is -1.66. The number of carbonyl (C=O) groups excluding carboxylic acids is 2. The van der Waals surface area contributed by atoms with Gasteiger partial charge >= 0.3 is 5.97 Å². The maximum Gasteiger partial charge on any atom is 0.310 e. The average molecular weight is 369 g/mol. The summed E-state index contributed by atoms with van der Waals surface area (Å²) in [5, 5.41) is 1.81. The normalized spacial score (nSPS) is 10.2. The van der Waals surface area contributed by atoms with Crippen LogP contribution in [0.4, 0.5) is 0 Å². The van der Waals surface area contributed by atoms with E-state index >= 15 is 0 Å². The van der Waals surface area contributed by atoms with E-state index in [4.69, 9.17) is 9.47 Å². The molecule has 21 heavy (non-hydrogen) atoms. The van der Waals surface area contributed by atoms with Crippen molar-refractivity contribution in [3.63, 3.8) is 0 Å². The molecule has 0 unspecified atom stereocenters. The third-order valence-electron chi connectivity index (χ3n) is 2.72. The number of halogens is 1. The number of hydrogen-bond acceptors (Lipinski definition) is 5. The van der Waals surface area contributed by atoms with Gasteiger partial charge in [0.05, 0.1) is 22.9 Å². The summed E-state index contributed by atoms with van der Waals surface area (Å²) in [7, 11) is 1.57. The average Bonchev–Trinajstić information content (AvgIpc) is 2.99. The van der Waals surface area contributed by atoms with Crippen LogP contribution < -0.4 is 4.74 Å². The molecule has 0 saturated heterocycles. The van der Waals surface area contributed by atoms with E-state index in [2.05, 4.69) is 15.9 Å². The molecule has 110 valence electrons. The number of carbonyl (C=O) groups is 2. The molecule has 0 aliphatic heterocycles. The van der Waals surface area contributed by atoms with Crippen molar-refractivity contribution >= 4 is 39.0 Å². The summed E-state index contributed by atoms with van der Waals surface area (Å²) in [6.45, 7) is -0.226. The molecule has 0 amide bonds. The zero-order valence-corrected chi connectivity index (χ0v) is 13.7. The van der Waals surface area contributed by atoms with Crippen LogP contribution in [0.15, 0.2) is 40.2 Å². The fraction of sp³-hybridized carbons (Fsp3) is 0.200. The molecule has 0 N–H and O–H groups in total. The highest BCUT2D eigenvalue weighted by Gasteiger charge is 2.12. The largest absolute Gasteiger partial charge is 0.496 e. The summed E-state index contributed by atoms with van der Waals surface area (Å²) < 4.78 is 10.9. The quantitative estimate of drug-likeness (QED) is 0.578. The summed E-state index contributed by atoms with van der Waals surface area (Å²) in [4.78, 5) is 24.0. The number of esters is 1. The van der Waals surface area contributed by atoms with Gasteiger partial charge in [0, 0.05) is 0 Å². The number of thiophene rings is 1. The van der Waals surface area contributed by atoms with Crippen LogP contribution in [0.5, 0.6) is 5.75 Å². The van der Waals surface area contributed by atoms with Gasteiger partial charge in [-0.15, -0.1) is 11.3 Å². The molecule has 6 heteroatoms. The Morgan fingerprint density at radius 2 is 2.10 bits per heavy atom. The predicted molar refractivity (Wildman–Crippen MR) is 84.0 cm³/mol. The molecular formula is C15H13BrO4S. The fourth-order valence-electron chi connectivity index (χ4n) is 1.69. The van der Waals surface area contributed by atoms with E-state index < -0.39 is 5.97 Å². The van der Waals surface area contributed by atoms with Gasteiger partial charge < -0.3 is 9.47 Å². The Morgan fingerprint density at radius 1 is 1.29 bits per heavy atom. The van der Waals surface area contributed by atoms with E-state index in [-0.39, 0.29) is 18.8 Å². The van der Waals surface area contributed by atoms with Crippen molar-refractivity contribution < 1.29 is 19.1 Å². The Bertz CT molecular complexity index is 637. The fourth-order valence-corrected chi connectivity index (χ4v) is 2.93. The molecule has 0 fully saturated rings. The molecule has 0 bridgehead atoms. The number of Topliss-reactive ketones (excluding diaryl/α,β-unsaturated/α-hetero) is 1. The maximum absolute atomic E-state index is 11.7. The smallest absolute Gasteiger partial charge is 0.310 e. The number of benzene rings is 1. The van der Waals surface area contributed by atoms with Crippen LogP contribution in [0, 0.1) is 0 Å². The van der Waals surface area contributed by atoms with E-state index in [1.54, 1.807) is 37.4 Å². The Balaban J connectivity index is 1.87. The topological polar surface area (TPSA) is 52.6 Å². The highest BCUT2D eigenvalue weighted by atomic mass is 79.9. The summed E-state index contributed by atoms with van der Waals surface area (Å²) in [6.07, 6.45) is 0.111. The first-order valence-electron chi connectivity index (χ1n) is 6.15. The van der Waals surface area contributed by atoms with E-state index in [9.17, 15) is 9.59 Å². The highest BCUT2D eigenvalue weighted by Crippen LogP contribution is 2.25. The lowest BCUT2D eigenvalue weighted by molar-refractivity contribution is -0.141. The van der Waals surface area contributed by atoms with Crippen molar-refractivity contribution in [3.8, 4) is 5.75 Å². The van der Waals surface area contributed by atoms with E-state index in [0.29, 0.717) is 10.6 Å². The summed E-state index contributed by atoms with van der Waals surface area (Å²) in [5.74, 6) is 0.0752. The van der Waals surface area contributed by atoms with E-state index in [0.717, 1.165) is 10.0 Å². The van der Waals surface area contributed by atoms with Gasteiger partial charge in [0.2, 0.25) is 5.78 Å². The van der Waals surface area contributed by atoms with Gasteiger partial charge in [0.15, 0.2) is 6.61 Å². The third-order valence-corrected chi connectivity index (χ3v) is 4.26. The minimum Gasteiger partial charge on any atom is -0.496 e. The first-order valence-corrected chi connectivity index (χ1v) is 7.82. The molecule has 0 aliphatic rings. The standard InChI is InChI=1S/C15H13BrO4S/c1-19-13-5-4-10(7-11(13)16)8-15(18)20-9-12(17)14-3-2-6-21-14/h2-7H,8-9H2,1H3. The zero-order chi connectivity index (χ0) is 15.2. The van der Waals surface area contributed by atoms with Crippen LogP contribution in [0.3, 0.4) is 0 Å². The van der Waals surface area contributed by atoms with Gasteiger partial charge in [-0.1, -0.05) is 12.1 Å². The minimum atomic E-state index is -0.433. The van der Waals surface area contributed by atoms with Gasteiger partial charge in [-0.3, -0.25) is 9.59 Å². The summed E-state index contributed by atoms with van der Waals surface area (Å²) >= 11 is 4.69. The lowest BCUT2D eigenvalue weighted by Gasteiger charge is -2.06. The molecule has 0 radical (unpaired) electrons. The van der Waals surface area contributed by atoms with E-state index in [1.165, 1.54) is 11.3 Å². The highest BCUT2D eigenvalue weighted by molar-refractivity contribution is 9.10. The summed E-state index contributed by atoms with van der Waals surface area (Å²) in [5.41, 5.74) is 0.788. The lowest BCUT2D eigenvalue weighted by atomic mass is 10.1. The molecule has 1 aromatic heterocycles. The van der Waals surface area contributed by atoms with Gasteiger partial charge in [0.25, 0.3) is 0 Å². The Kier molecular flexibility index (Phi) is 5.52. The van der Waals surface area contributed by atoms with Crippen LogP contribution in [-0.4, -0.2) is 25.5 Å². The SMILES string of the molecule is COc1ccc(CC(=O)OCC(=O)c2cccs2)cc1Br. The van der Waals surface area contributed by atoms with Gasteiger partial charge in [-0.05, 0) is 45.1 Å². The molecule has 0 aliphatic carbocycles. The van der Waals surface area contributed by atoms with Gasteiger partial charge in [0.1, 0.15) is 5.75 Å². The molecule has 0 atom stereocenters. The van der Waals surface area contributed by atoms with Crippen LogP contribution in [0.25, 0.3) is 0 Å². The molecule has 4 nitrogen and oxygen atoms in total. The molecule has 0 spiro atoms. The third kappa shape index (κ3) is 4.41. The van der Waals surface area contributed by atoms with Gasteiger partial charge in [-0.2, -0.15) is 0 Å². The Labute approximate surface area is 134 Å². The minimum absolute atomic E-state index is 0.111. The second-order valence-corrected chi connectivity index (χ2v) is 6.01. The second kappa shape index (κ2) is 7.38. The van der Waals surface area contributed by atoms with Crippen molar-refractivity contribution in [3.05, 3.63) is 50.6 Å². The Morgan fingerprint density at radius 3 is 2.71 bits per heavy atom. The van der Waals surface area contributed by atoms with Crippen molar-refractivity contribution in [2.45, 2.75) is 6.42 Å². The number of ketones is 1. The first kappa shape index (κ1) is 15.7. The van der Waals surface area contributed by atoms with Crippen LogP contribution >= 0.6 is 27.3 Å². The molecule has 1 heterocycles. The zero-order valence-electron chi connectivity index (χ0n) is 11.3. The number of ether oxygens (including phenoxy) is 2. The number of methoxy groups -OCH3 is 1. The predicted octanol–water partition coefficient (Wildman–Crippen LogP) is 3.49. The van der Waals surface area contributed by atoms with E-state index in [1.807, 2.05) is 5.38 Å². The first-order chi connectivity index (χ1) is 10.1. The van der Waals surface area contributed by atoms with Crippen LogP contribution in [0.1, 0.15) is 15.2 Å². The maximum atomic E-state index is 11.7. The lowest BCUT2D eigenvalue weighted by Crippen LogP contribution is -2.15. The summed E-state index contributed by atoms with van der Waals surface area (Å²) in [6, 6.07) is 8.84. The molecule has 0 saturated carbocycles. The molecule has 1 aromatic carbocycles. The monoisotopic (exact) mass is 368 g/mol. The number of hydrogen-bond donors (Lipinski definition) is 0. The molecule has 2 rings (SSSR count). The van der Waals surface area contributed by atoms with Crippen molar-refractivity contribution in [2.24, 2.45) is 0 Å². The van der Waals surface area contributed by atoms with Crippen molar-refractivity contribution in [1.29, 1.82) is 0 Å². The van der Waals surface area contributed by atoms with Crippen molar-refractivity contribution in [2.75, 3.05) is 13.7 Å². The number of rotatable bonds is 6. The second-order valence-electron chi connectivity index (χ2n) is 4.21. The molecular weight excluding hydrogens is 356 g/mol. The van der Waals surface area contributed by atoms with Crippen molar-refractivity contribution in [1.82, 2.24) is 0 Å². The molecule has 2 aromatic rings.